The lowest BCUT2D eigenvalue weighted by Crippen LogP contribution is -2.18. The summed E-state index contributed by atoms with van der Waals surface area (Å²) in [5, 5.41) is 3.92. The van der Waals surface area contributed by atoms with Crippen molar-refractivity contribution in [3.63, 3.8) is 0 Å². The van der Waals surface area contributed by atoms with Crippen LogP contribution in [0.4, 0.5) is 4.39 Å². The average Bonchev–Trinajstić information content (AvgIpc) is 2.66. The Labute approximate surface area is 150 Å². The fraction of sp³-hybridized carbons (Fsp3) is 0.0476. The van der Waals surface area contributed by atoms with E-state index in [0.717, 1.165) is 0 Å². The molecule has 3 aromatic carbocycles. The van der Waals surface area contributed by atoms with Gasteiger partial charge in [0.1, 0.15) is 17.3 Å². The second kappa shape index (κ2) is 8.07. The summed E-state index contributed by atoms with van der Waals surface area (Å²) in [6.07, 6.45) is 1.41. The summed E-state index contributed by atoms with van der Waals surface area (Å²) in [4.78, 5) is 12.4. The molecule has 0 aliphatic rings. The lowest BCUT2D eigenvalue weighted by atomic mass is 10.1. The molecule has 0 heterocycles. The summed E-state index contributed by atoms with van der Waals surface area (Å²) >= 11 is 0. The van der Waals surface area contributed by atoms with Gasteiger partial charge >= 0.3 is 0 Å². The van der Waals surface area contributed by atoms with Crippen LogP contribution in [0.5, 0.6) is 11.5 Å². The Morgan fingerprint density at radius 3 is 2.54 bits per heavy atom. The second-order valence-electron chi connectivity index (χ2n) is 5.56. The number of carbonyl (C=O) groups excluding carboxylic acids is 1. The fourth-order valence-electron chi connectivity index (χ4n) is 2.34. The number of carbonyl (C=O) groups is 1. The first kappa shape index (κ1) is 17.4. The van der Waals surface area contributed by atoms with Crippen LogP contribution >= 0.6 is 0 Å². The highest BCUT2D eigenvalue weighted by Crippen LogP contribution is 2.24. The van der Waals surface area contributed by atoms with Gasteiger partial charge in [0.2, 0.25) is 0 Å². The summed E-state index contributed by atoms with van der Waals surface area (Å²) in [6, 6.07) is 20.8. The Morgan fingerprint density at radius 2 is 1.73 bits per heavy atom. The zero-order valence-electron chi connectivity index (χ0n) is 14.1. The molecule has 0 aliphatic carbocycles. The normalized spacial score (nSPS) is 10.7. The van der Waals surface area contributed by atoms with Crippen molar-refractivity contribution in [3.8, 4) is 11.5 Å². The van der Waals surface area contributed by atoms with Gasteiger partial charge in [-0.3, -0.25) is 4.79 Å². The second-order valence-corrected chi connectivity index (χ2v) is 5.56. The van der Waals surface area contributed by atoms with Crippen LogP contribution in [-0.4, -0.2) is 12.1 Å². The number of para-hydroxylation sites is 2. The lowest BCUT2D eigenvalue weighted by molar-refractivity contribution is 0.0953. The average molecular weight is 348 g/mol. The number of amides is 1. The highest BCUT2D eigenvalue weighted by molar-refractivity contribution is 5.97. The molecule has 26 heavy (non-hydrogen) atoms. The quantitative estimate of drug-likeness (QED) is 0.537. The van der Waals surface area contributed by atoms with Crippen molar-refractivity contribution < 1.29 is 13.9 Å². The molecule has 0 bridgehead atoms. The third-order valence-corrected chi connectivity index (χ3v) is 3.78. The maximum atomic E-state index is 13.5. The Morgan fingerprint density at radius 1 is 1.00 bits per heavy atom. The van der Waals surface area contributed by atoms with E-state index in [1.807, 2.05) is 18.2 Å². The van der Waals surface area contributed by atoms with E-state index in [-0.39, 0.29) is 5.82 Å². The third kappa shape index (κ3) is 4.13. The largest absolute Gasteiger partial charge is 0.457 e. The highest BCUT2D eigenvalue weighted by Gasteiger charge is 2.12. The molecule has 0 aromatic heterocycles. The van der Waals surface area contributed by atoms with E-state index in [0.29, 0.717) is 28.2 Å². The minimum absolute atomic E-state index is 0.318. The van der Waals surface area contributed by atoms with Gasteiger partial charge in [-0.2, -0.15) is 5.10 Å². The van der Waals surface area contributed by atoms with Crippen molar-refractivity contribution in [2.75, 3.05) is 0 Å². The molecule has 0 spiro atoms. The Bertz CT molecular complexity index is 940. The predicted molar refractivity (Wildman–Crippen MR) is 99.2 cm³/mol. The molecule has 0 atom stereocenters. The number of hydrazone groups is 1. The Kier molecular flexibility index (Phi) is 5.39. The molecule has 1 N–H and O–H groups in total. The Hall–Kier alpha value is -3.47. The van der Waals surface area contributed by atoms with Crippen LogP contribution in [-0.2, 0) is 0 Å². The topological polar surface area (TPSA) is 50.7 Å². The van der Waals surface area contributed by atoms with Gasteiger partial charge in [0, 0.05) is 5.56 Å². The molecule has 0 unspecified atom stereocenters. The number of nitrogens with one attached hydrogen (secondary N) is 1. The summed E-state index contributed by atoms with van der Waals surface area (Å²) < 4.78 is 19.3. The molecule has 3 aromatic rings. The number of halogens is 1. The zero-order valence-corrected chi connectivity index (χ0v) is 14.1. The lowest BCUT2D eigenvalue weighted by Gasteiger charge is -2.09. The SMILES string of the molecule is Cc1c(F)cccc1/C=N/NC(=O)c1ccccc1Oc1ccccc1. The zero-order chi connectivity index (χ0) is 18.4. The molecule has 0 aliphatic heterocycles. The minimum atomic E-state index is -0.415. The number of rotatable bonds is 5. The van der Waals surface area contributed by atoms with E-state index >= 15 is 0 Å². The van der Waals surface area contributed by atoms with Crippen LogP contribution in [0.15, 0.2) is 77.9 Å². The molecule has 1 amide bonds. The molecular weight excluding hydrogens is 331 g/mol. The number of benzene rings is 3. The summed E-state index contributed by atoms with van der Waals surface area (Å²) in [7, 11) is 0. The van der Waals surface area contributed by atoms with E-state index < -0.39 is 5.91 Å². The first-order valence-corrected chi connectivity index (χ1v) is 8.05. The monoisotopic (exact) mass is 348 g/mol. The summed E-state index contributed by atoms with van der Waals surface area (Å²) in [5.74, 6) is 0.323. The van der Waals surface area contributed by atoms with Crippen molar-refractivity contribution in [3.05, 3.63) is 95.3 Å². The number of hydrogen-bond acceptors (Lipinski definition) is 3. The number of nitrogens with zero attached hydrogens (tertiary/aromatic N) is 1. The molecule has 0 saturated heterocycles. The van der Waals surface area contributed by atoms with Gasteiger partial charge in [-0.15, -0.1) is 0 Å². The molecule has 3 rings (SSSR count). The van der Waals surface area contributed by atoms with Crippen molar-refractivity contribution in [1.29, 1.82) is 0 Å². The molecule has 0 radical (unpaired) electrons. The van der Waals surface area contributed by atoms with Gasteiger partial charge in [0.15, 0.2) is 0 Å². The molecular formula is C21H17FN2O2. The predicted octanol–water partition coefficient (Wildman–Crippen LogP) is 4.69. The summed E-state index contributed by atoms with van der Waals surface area (Å²) in [6.45, 7) is 1.65. The maximum Gasteiger partial charge on any atom is 0.275 e. The summed E-state index contributed by atoms with van der Waals surface area (Å²) in [5.41, 5.74) is 3.87. The van der Waals surface area contributed by atoms with Crippen LogP contribution in [0.1, 0.15) is 21.5 Å². The fourth-order valence-corrected chi connectivity index (χ4v) is 2.34. The molecule has 4 nitrogen and oxygen atoms in total. The van der Waals surface area contributed by atoms with E-state index in [1.165, 1.54) is 12.3 Å². The van der Waals surface area contributed by atoms with Crippen molar-refractivity contribution in [2.45, 2.75) is 6.92 Å². The van der Waals surface area contributed by atoms with E-state index in [4.69, 9.17) is 4.74 Å². The molecule has 130 valence electrons. The number of ether oxygens (including phenoxy) is 1. The van der Waals surface area contributed by atoms with E-state index in [9.17, 15) is 9.18 Å². The minimum Gasteiger partial charge on any atom is -0.457 e. The number of hydrogen-bond donors (Lipinski definition) is 1. The van der Waals surface area contributed by atoms with Gasteiger partial charge < -0.3 is 4.74 Å². The highest BCUT2D eigenvalue weighted by atomic mass is 19.1. The third-order valence-electron chi connectivity index (χ3n) is 3.78. The van der Waals surface area contributed by atoms with Crippen LogP contribution in [0.3, 0.4) is 0 Å². The molecule has 0 saturated carbocycles. The van der Waals surface area contributed by atoms with Gasteiger partial charge in [-0.05, 0) is 42.8 Å². The van der Waals surface area contributed by atoms with Crippen LogP contribution in [0.25, 0.3) is 0 Å². The van der Waals surface area contributed by atoms with Gasteiger partial charge in [0.25, 0.3) is 5.91 Å². The van der Waals surface area contributed by atoms with Crippen molar-refractivity contribution in [2.24, 2.45) is 5.10 Å². The van der Waals surface area contributed by atoms with E-state index in [2.05, 4.69) is 10.5 Å². The van der Waals surface area contributed by atoms with Gasteiger partial charge in [0.05, 0.1) is 11.8 Å². The van der Waals surface area contributed by atoms with Crippen LogP contribution in [0.2, 0.25) is 0 Å². The standard InChI is InChI=1S/C21H17FN2O2/c1-15-16(8-7-12-19(15)22)14-23-24-21(25)18-11-5-6-13-20(18)26-17-9-3-2-4-10-17/h2-14H,1H3,(H,24,25)/b23-14+. The van der Waals surface area contributed by atoms with Crippen molar-refractivity contribution >= 4 is 12.1 Å². The van der Waals surface area contributed by atoms with Gasteiger partial charge in [-0.25, -0.2) is 9.82 Å². The maximum absolute atomic E-state index is 13.5. The Balaban J connectivity index is 1.74. The van der Waals surface area contributed by atoms with Crippen LogP contribution in [0, 0.1) is 12.7 Å². The first-order valence-electron chi connectivity index (χ1n) is 8.05. The smallest absolute Gasteiger partial charge is 0.275 e. The van der Waals surface area contributed by atoms with Crippen molar-refractivity contribution in [1.82, 2.24) is 5.43 Å². The van der Waals surface area contributed by atoms with Crippen LogP contribution < -0.4 is 10.2 Å². The molecule has 0 fully saturated rings. The van der Waals surface area contributed by atoms with Gasteiger partial charge in [-0.1, -0.05) is 42.5 Å². The molecule has 5 heteroatoms. The van der Waals surface area contributed by atoms with E-state index in [1.54, 1.807) is 55.5 Å². The first-order chi connectivity index (χ1) is 12.6.